The van der Waals surface area contributed by atoms with Gasteiger partial charge in [0.2, 0.25) is 0 Å². The van der Waals surface area contributed by atoms with E-state index < -0.39 is 154 Å². The molecule has 294 valence electrons. The summed E-state index contributed by atoms with van der Waals surface area (Å²) >= 11 is 0. The number of carbonyl (C=O) groups excluding carboxylic acids is 1. The predicted molar refractivity (Wildman–Crippen MR) is 161 cm³/mol. The maximum atomic E-state index is 12.1. The zero-order valence-electron chi connectivity index (χ0n) is 27.5. The van der Waals surface area contributed by atoms with Gasteiger partial charge in [0.1, 0.15) is 55.4 Å². The van der Waals surface area contributed by atoms with E-state index >= 15 is 0 Å². The first-order chi connectivity index (χ1) is 24.1. The maximum Gasteiger partial charge on any atom is 0.333 e. The highest BCUT2D eigenvalue weighted by atomic mass is 16.7. The van der Waals surface area contributed by atoms with E-state index in [1.807, 2.05) is 0 Å². The Labute approximate surface area is 291 Å². The molecule has 5 rings (SSSR count). The zero-order valence-corrected chi connectivity index (χ0v) is 27.5. The third kappa shape index (κ3) is 9.16. The molecule has 0 spiro atoms. The van der Waals surface area contributed by atoms with Crippen molar-refractivity contribution in [1.29, 1.82) is 0 Å². The lowest BCUT2D eigenvalue weighted by Crippen LogP contribution is -2.63. The second-order valence-corrected chi connectivity index (χ2v) is 14.2. The largest absolute Gasteiger partial charge is 0.479 e. The standard InChI is InChI=1S/C31H50O20/c32-8-19-22(38)24(40)26(42)30(50-19)48-17-5-11(33)4-16-12(17)6-18(28(47-16)10-1-2-13(34)14(35)3-10)49-31-27(43)25(41)23(39)20(51-31)9-46-21(37)7-15(36)29(44)45/h10-20,22-28,30-36,38-43H,1-9H2,(H,44,45). The first-order valence-electron chi connectivity index (χ1n) is 17.2. The molecule has 3 heterocycles. The number of esters is 1. The Morgan fingerprint density at radius 2 is 1.29 bits per heavy atom. The molecule has 5 aliphatic rings. The monoisotopic (exact) mass is 742 g/mol. The summed E-state index contributed by atoms with van der Waals surface area (Å²) in [6.45, 7) is -1.41. The lowest BCUT2D eigenvalue weighted by molar-refractivity contribution is -0.344. The van der Waals surface area contributed by atoms with Crippen molar-refractivity contribution in [3.05, 3.63) is 0 Å². The number of aliphatic carboxylic acids is 1. The van der Waals surface area contributed by atoms with Crippen molar-refractivity contribution >= 4 is 11.9 Å². The highest BCUT2D eigenvalue weighted by molar-refractivity contribution is 5.80. The molecule has 0 bridgehead atoms. The Balaban J connectivity index is 1.35. The lowest BCUT2D eigenvalue weighted by atomic mass is 9.72. The molecule has 20 heteroatoms. The molecule has 20 unspecified atom stereocenters. The molecule has 3 saturated heterocycles. The number of aliphatic hydroxyl groups excluding tert-OH is 11. The molecule has 3 aliphatic heterocycles. The van der Waals surface area contributed by atoms with Gasteiger partial charge in [-0.1, -0.05) is 0 Å². The fraction of sp³-hybridized carbons (Fsp3) is 0.935. The molecule has 5 fully saturated rings. The minimum absolute atomic E-state index is 0.0166. The van der Waals surface area contributed by atoms with Gasteiger partial charge in [-0.25, -0.2) is 4.79 Å². The van der Waals surface area contributed by atoms with Crippen molar-refractivity contribution in [3.63, 3.8) is 0 Å². The van der Waals surface area contributed by atoms with Crippen LogP contribution in [0.2, 0.25) is 0 Å². The number of hydrogen-bond donors (Lipinski definition) is 12. The third-order valence-corrected chi connectivity index (χ3v) is 10.6. The van der Waals surface area contributed by atoms with E-state index in [1.165, 1.54) is 0 Å². The Morgan fingerprint density at radius 1 is 0.686 bits per heavy atom. The van der Waals surface area contributed by atoms with Gasteiger partial charge in [0, 0.05) is 12.3 Å². The molecule has 20 nitrogen and oxygen atoms in total. The third-order valence-electron chi connectivity index (χ3n) is 10.6. The van der Waals surface area contributed by atoms with Gasteiger partial charge in [-0.3, -0.25) is 4.79 Å². The van der Waals surface area contributed by atoms with Gasteiger partial charge in [-0.2, -0.15) is 0 Å². The van der Waals surface area contributed by atoms with Crippen LogP contribution in [-0.2, 0) is 38.0 Å². The number of carboxylic acids is 1. The molecule has 51 heavy (non-hydrogen) atoms. The molecule has 0 aromatic carbocycles. The number of fused-ring (bicyclic) bond motifs is 1. The Hall–Kier alpha value is -1.70. The van der Waals surface area contributed by atoms with Crippen LogP contribution < -0.4 is 0 Å². The second-order valence-electron chi connectivity index (χ2n) is 14.2. The minimum Gasteiger partial charge on any atom is -0.479 e. The topological polar surface area (TPSA) is 332 Å². The zero-order chi connectivity index (χ0) is 37.3. The predicted octanol–water partition coefficient (Wildman–Crippen LogP) is -5.81. The molecule has 20 atom stereocenters. The van der Waals surface area contributed by atoms with E-state index in [-0.39, 0.29) is 32.1 Å². The molecular weight excluding hydrogens is 692 g/mol. The number of hydrogen-bond acceptors (Lipinski definition) is 19. The fourth-order valence-corrected chi connectivity index (χ4v) is 7.71. The van der Waals surface area contributed by atoms with Gasteiger partial charge >= 0.3 is 11.9 Å². The van der Waals surface area contributed by atoms with Crippen molar-refractivity contribution in [2.24, 2.45) is 11.8 Å². The van der Waals surface area contributed by atoms with E-state index in [0.29, 0.717) is 6.42 Å². The Kier molecular flexibility index (Phi) is 13.6. The molecule has 2 saturated carbocycles. The van der Waals surface area contributed by atoms with E-state index in [1.54, 1.807) is 0 Å². The van der Waals surface area contributed by atoms with Crippen LogP contribution in [0.1, 0.15) is 44.9 Å². The summed E-state index contributed by atoms with van der Waals surface area (Å²) in [5, 5.41) is 123. The summed E-state index contributed by atoms with van der Waals surface area (Å²) in [5.41, 5.74) is 0. The minimum atomic E-state index is -2.04. The van der Waals surface area contributed by atoms with E-state index in [9.17, 15) is 65.8 Å². The van der Waals surface area contributed by atoms with Crippen LogP contribution in [0.25, 0.3) is 0 Å². The Morgan fingerprint density at radius 3 is 1.90 bits per heavy atom. The molecular formula is C31H50O20. The molecule has 0 amide bonds. The van der Waals surface area contributed by atoms with Crippen LogP contribution in [-0.4, -0.2) is 197 Å². The lowest BCUT2D eigenvalue weighted by Gasteiger charge is -2.52. The quantitative estimate of drug-likeness (QED) is 0.0877. The van der Waals surface area contributed by atoms with Crippen LogP contribution in [0, 0.1) is 11.8 Å². The van der Waals surface area contributed by atoms with Crippen LogP contribution in [0.4, 0.5) is 0 Å². The average molecular weight is 743 g/mol. The van der Waals surface area contributed by atoms with Crippen LogP contribution in [0.5, 0.6) is 0 Å². The molecule has 0 aromatic rings. The first-order valence-corrected chi connectivity index (χ1v) is 17.2. The summed E-state index contributed by atoms with van der Waals surface area (Å²) in [5.74, 6) is -3.82. The van der Waals surface area contributed by atoms with Crippen LogP contribution in [0.15, 0.2) is 0 Å². The summed E-state index contributed by atoms with van der Waals surface area (Å²) in [7, 11) is 0. The summed E-state index contributed by atoms with van der Waals surface area (Å²) in [4.78, 5) is 22.9. The highest BCUT2D eigenvalue weighted by Crippen LogP contribution is 2.45. The van der Waals surface area contributed by atoms with Gasteiger partial charge in [0.25, 0.3) is 0 Å². The van der Waals surface area contributed by atoms with E-state index in [2.05, 4.69) is 0 Å². The normalized spacial score (nSPS) is 48.3. The molecule has 2 aliphatic carbocycles. The van der Waals surface area contributed by atoms with Crippen molar-refractivity contribution in [3.8, 4) is 0 Å². The van der Waals surface area contributed by atoms with E-state index in [0.717, 1.165) is 0 Å². The van der Waals surface area contributed by atoms with Crippen LogP contribution in [0.3, 0.4) is 0 Å². The smallest absolute Gasteiger partial charge is 0.333 e. The number of carbonyl (C=O) groups is 2. The van der Waals surface area contributed by atoms with Gasteiger partial charge in [0.15, 0.2) is 18.7 Å². The van der Waals surface area contributed by atoms with Crippen molar-refractivity contribution in [1.82, 2.24) is 0 Å². The van der Waals surface area contributed by atoms with Crippen molar-refractivity contribution in [2.45, 2.75) is 155 Å². The van der Waals surface area contributed by atoms with Crippen molar-refractivity contribution in [2.75, 3.05) is 13.2 Å². The highest BCUT2D eigenvalue weighted by Gasteiger charge is 2.54. The number of rotatable bonds is 11. The maximum absolute atomic E-state index is 12.1. The SMILES string of the molecule is O=C(CC(O)C(=O)O)OCC1OC(OC2CC3C(OC4OC(CO)C(O)C(O)C4O)CC(O)CC3OC2C2CCC(O)C(O)C2)C(O)C(O)C1O. The first kappa shape index (κ1) is 40.5. The fourth-order valence-electron chi connectivity index (χ4n) is 7.71. The Bertz CT molecular complexity index is 1160. The van der Waals surface area contributed by atoms with Gasteiger partial charge in [-0.05, 0) is 38.0 Å². The van der Waals surface area contributed by atoms with Gasteiger partial charge in [0.05, 0.1) is 55.8 Å². The summed E-state index contributed by atoms with van der Waals surface area (Å²) < 4.78 is 35.1. The molecule has 12 N–H and O–H groups in total. The second kappa shape index (κ2) is 17.2. The number of carboxylic acid groups (broad SMARTS) is 1. The summed E-state index contributed by atoms with van der Waals surface area (Å²) in [6, 6.07) is 0. The summed E-state index contributed by atoms with van der Waals surface area (Å²) in [6.07, 6.45) is -24.9. The average Bonchev–Trinajstić information content (AvgIpc) is 3.09. The molecule has 0 radical (unpaired) electrons. The van der Waals surface area contributed by atoms with Gasteiger partial charge in [-0.15, -0.1) is 0 Å². The number of ether oxygens (including phenoxy) is 6. The van der Waals surface area contributed by atoms with Crippen molar-refractivity contribution < 1.29 is 99.3 Å². The molecule has 0 aromatic heterocycles. The van der Waals surface area contributed by atoms with Gasteiger partial charge < -0.3 is 89.7 Å². The number of aliphatic hydroxyl groups is 11. The van der Waals surface area contributed by atoms with E-state index in [4.69, 9.17) is 33.5 Å². The van der Waals surface area contributed by atoms with Crippen LogP contribution >= 0.6 is 0 Å².